The van der Waals surface area contributed by atoms with Crippen LogP contribution in [0, 0.1) is 5.82 Å². The first-order chi connectivity index (χ1) is 14.6. The molecule has 1 aromatic heterocycles. The van der Waals surface area contributed by atoms with Crippen molar-refractivity contribution in [3.8, 4) is 11.4 Å². The molecule has 2 heterocycles. The van der Waals surface area contributed by atoms with Crippen LogP contribution in [-0.2, 0) is 16.0 Å². The van der Waals surface area contributed by atoms with E-state index in [1.54, 1.807) is 18.2 Å². The quantitative estimate of drug-likeness (QED) is 0.660. The summed E-state index contributed by atoms with van der Waals surface area (Å²) < 4.78 is 13.8. The number of rotatable bonds is 5. The van der Waals surface area contributed by atoms with Crippen molar-refractivity contribution in [2.75, 3.05) is 11.1 Å². The van der Waals surface area contributed by atoms with Crippen LogP contribution in [0.2, 0.25) is 0 Å². The van der Waals surface area contributed by atoms with Gasteiger partial charge in [-0.05, 0) is 18.1 Å². The second-order valence-electron chi connectivity index (χ2n) is 6.83. The van der Waals surface area contributed by atoms with Crippen LogP contribution in [0.25, 0.3) is 11.4 Å². The number of thioether (sulfide) groups is 1. The summed E-state index contributed by atoms with van der Waals surface area (Å²) in [6.07, 6.45) is 3.35. The predicted molar refractivity (Wildman–Crippen MR) is 114 cm³/mol. The summed E-state index contributed by atoms with van der Waals surface area (Å²) in [5, 5.41) is 5.03. The summed E-state index contributed by atoms with van der Waals surface area (Å²) in [5.74, 6) is 0.0250. The van der Waals surface area contributed by atoms with E-state index < -0.39 is 11.3 Å². The summed E-state index contributed by atoms with van der Waals surface area (Å²) in [5.41, 5.74) is 1.82. The van der Waals surface area contributed by atoms with Crippen LogP contribution in [0.4, 0.5) is 10.1 Å². The van der Waals surface area contributed by atoms with E-state index in [4.69, 9.17) is 0 Å². The summed E-state index contributed by atoms with van der Waals surface area (Å²) in [6, 6.07) is 15.2. The molecule has 1 aliphatic heterocycles. The molecule has 152 valence electrons. The number of aromatic nitrogens is 2. The molecule has 0 bridgehead atoms. The molecule has 0 radical (unpaired) electrons. The molecule has 2 N–H and O–H groups in total. The zero-order chi connectivity index (χ0) is 20.9. The summed E-state index contributed by atoms with van der Waals surface area (Å²) in [7, 11) is 0. The van der Waals surface area contributed by atoms with Gasteiger partial charge in [0.15, 0.2) is 5.82 Å². The van der Waals surface area contributed by atoms with Gasteiger partial charge in [-0.15, -0.1) is 11.8 Å². The molecule has 1 saturated heterocycles. The molecule has 0 unspecified atom stereocenters. The molecule has 0 aliphatic carbocycles. The first-order valence-corrected chi connectivity index (χ1v) is 10.5. The maximum Gasteiger partial charge on any atom is 0.247 e. The van der Waals surface area contributed by atoms with Crippen molar-refractivity contribution in [3.05, 3.63) is 78.4 Å². The average molecular weight is 422 g/mol. The molecule has 2 amide bonds. The highest BCUT2D eigenvalue weighted by molar-refractivity contribution is 8.00. The molecule has 4 rings (SSSR count). The lowest BCUT2D eigenvalue weighted by molar-refractivity contribution is -0.126. The molecule has 3 aromatic rings. The van der Waals surface area contributed by atoms with Crippen molar-refractivity contribution in [1.82, 2.24) is 15.3 Å². The molecular weight excluding hydrogens is 403 g/mol. The lowest BCUT2D eigenvalue weighted by atomic mass is 10.1. The van der Waals surface area contributed by atoms with Crippen LogP contribution in [0.1, 0.15) is 5.56 Å². The van der Waals surface area contributed by atoms with E-state index in [-0.39, 0.29) is 24.1 Å². The van der Waals surface area contributed by atoms with Gasteiger partial charge in [0.05, 0.1) is 23.3 Å². The Morgan fingerprint density at radius 3 is 2.50 bits per heavy atom. The highest BCUT2D eigenvalue weighted by Gasteiger charge is 2.32. The van der Waals surface area contributed by atoms with Gasteiger partial charge in [-0.2, -0.15) is 0 Å². The van der Waals surface area contributed by atoms with Gasteiger partial charge in [0.25, 0.3) is 0 Å². The number of benzene rings is 2. The number of hydrogen-bond donors (Lipinski definition) is 2. The van der Waals surface area contributed by atoms with Crippen molar-refractivity contribution >= 4 is 29.3 Å². The van der Waals surface area contributed by atoms with Gasteiger partial charge in [0.1, 0.15) is 11.9 Å². The lowest BCUT2D eigenvalue weighted by Crippen LogP contribution is -2.52. The minimum atomic E-state index is -0.673. The fourth-order valence-electron chi connectivity index (χ4n) is 3.11. The Labute approximate surface area is 177 Å². The topological polar surface area (TPSA) is 84.0 Å². The number of hydrogen-bond acceptors (Lipinski definition) is 5. The Hall–Kier alpha value is -3.26. The van der Waals surface area contributed by atoms with Crippen molar-refractivity contribution in [3.63, 3.8) is 0 Å². The molecular formula is C22H19FN4O2S. The molecule has 0 saturated carbocycles. The Morgan fingerprint density at radius 2 is 1.80 bits per heavy atom. The number of amides is 2. The van der Waals surface area contributed by atoms with Crippen LogP contribution in [0.15, 0.2) is 67.0 Å². The fourth-order valence-corrected chi connectivity index (χ4v) is 4.29. The third-order valence-electron chi connectivity index (χ3n) is 4.70. The van der Waals surface area contributed by atoms with E-state index in [0.29, 0.717) is 22.8 Å². The normalized spacial score (nSPS) is 18.5. The van der Waals surface area contributed by atoms with Gasteiger partial charge in [0, 0.05) is 11.3 Å². The fraction of sp³-hybridized carbons (Fsp3) is 0.182. The Bertz CT molecular complexity index is 1050. The molecule has 6 nitrogen and oxygen atoms in total. The molecule has 1 fully saturated rings. The molecule has 2 atom stereocenters. The van der Waals surface area contributed by atoms with Crippen molar-refractivity contribution in [2.24, 2.45) is 0 Å². The van der Waals surface area contributed by atoms with E-state index in [1.165, 1.54) is 30.2 Å². The van der Waals surface area contributed by atoms with Crippen LogP contribution >= 0.6 is 11.8 Å². The second-order valence-corrected chi connectivity index (χ2v) is 8.07. The highest BCUT2D eigenvalue weighted by atomic mass is 32.2. The molecule has 2 aromatic carbocycles. The Morgan fingerprint density at radius 1 is 1.10 bits per heavy atom. The van der Waals surface area contributed by atoms with Crippen molar-refractivity contribution < 1.29 is 14.0 Å². The van der Waals surface area contributed by atoms with E-state index in [1.807, 2.05) is 30.3 Å². The molecule has 1 aliphatic rings. The molecule has 30 heavy (non-hydrogen) atoms. The summed E-state index contributed by atoms with van der Waals surface area (Å²) in [6.45, 7) is 0. The number of nitrogens with one attached hydrogen (secondary N) is 2. The summed E-state index contributed by atoms with van der Waals surface area (Å²) in [4.78, 5) is 33.5. The van der Waals surface area contributed by atoms with E-state index in [9.17, 15) is 14.0 Å². The number of carbonyl (C=O) groups is 2. The van der Waals surface area contributed by atoms with E-state index >= 15 is 0 Å². The first-order valence-electron chi connectivity index (χ1n) is 9.44. The second kappa shape index (κ2) is 9.04. The zero-order valence-corrected chi connectivity index (χ0v) is 16.7. The minimum Gasteiger partial charge on any atom is -0.343 e. The number of anilines is 1. The summed E-state index contributed by atoms with van der Waals surface area (Å²) >= 11 is 1.35. The number of halogens is 1. The number of nitrogens with zero attached hydrogens (tertiary/aromatic N) is 2. The Balaban J connectivity index is 1.34. The smallest absolute Gasteiger partial charge is 0.247 e. The molecule has 0 spiro atoms. The number of carbonyl (C=O) groups excluding carboxylic acids is 2. The van der Waals surface area contributed by atoms with Crippen LogP contribution in [-0.4, -0.2) is 38.8 Å². The first kappa shape index (κ1) is 20.0. The third kappa shape index (κ3) is 4.65. The van der Waals surface area contributed by atoms with Gasteiger partial charge in [-0.25, -0.2) is 14.4 Å². The van der Waals surface area contributed by atoms with Gasteiger partial charge < -0.3 is 10.6 Å². The Kier molecular flexibility index (Phi) is 6.04. The van der Waals surface area contributed by atoms with Crippen LogP contribution < -0.4 is 10.6 Å². The lowest BCUT2D eigenvalue weighted by Gasteiger charge is -2.28. The largest absolute Gasteiger partial charge is 0.343 e. The van der Waals surface area contributed by atoms with Crippen molar-refractivity contribution in [1.29, 1.82) is 0 Å². The SMILES string of the molecule is O=C1N[C@@H](C(=O)Nc2cnc(-c3ccccc3)nc2)CS[C@H]1Cc1ccccc1F. The van der Waals surface area contributed by atoms with Gasteiger partial charge in [0.2, 0.25) is 11.8 Å². The van der Waals surface area contributed by atoms with Crippen LogP contribution in [0.5, 0.6) is 0 Å². The predicted octanol–water partition coefficient (Wildman–Crippen LogP) is 3.06. The zero-order valence-electron chi connectivity index (χ0n) is 15.9. The van der Waals surface area contributed by atoms with Gasteiger partial charge in [-0.3, -0.25) is 9.59 Å². The monoisotopic (exact) mass is 422 g/mol. The average Bonchev–Trinajstić information content (AvgIpc) is 2.77. The van der Waals surface area contributed by atoms with E-state index in [0.717, 1.165) is 5.56 Å². The van der Waals surface area contributed by atoms with Crippen molar-refractivity contribution in [2.45, 2.75) is 17.7 Å². The standard InChI is InChI=1S/C22H19FN4O2S/c23-17-9-5-4-8-15(17)10-19-22(29)27-18(13-30-19)21(28)26-16-11-24-20(25-12-16)14-6-2-1-3-7-14/h1-9,11-12,18-19H,10,13H2,(H,26,28)(H,27,29)/t18-,19+/m1/s1. The van der Waals surface area contributed by atoms with Crippen LogP contribution in [0.3, 0.4) is 0 Å². The minimum absolute atomic E-state index is 0.273. The van der Waals surface area contributed by atoms with Gasteiger partial charge >= 0.3 is 0 Å². The maximum atomic E-state index is 13.8. The van der Waals surface area contributed by atoms with E-state index in [2.05, 4.69) is 20.6 Å². The van der Waals surface area contributed by atoms with Gasteiger partial charge in [-0.1, -0.05) is 48.5 Å². The maximum absolute atomic E-state index is 13.8. The highest BCUT2D eigenvalue weighted by Crippen LogP contribution is 2.24. The third-order valence-corrected chi connectivity index (χ3v) is 6.01. The molecule has 8 heteroatoms.